The van der Waals surface area contributed by atoms with Gasteiger partial charge in [0.15, 0.2) is 0 Å². The molecule has 0 spiro atoms. The van der Waals surface area contributed by atoms with Crippen molar-refractivity contribution in [1.29, 1.82) is 0 Å². The number of carbonyl (C=O) groups is 1. The van der Waals surface area contributed by atoms with E-state index in [9.17, 15) is 18.0 Å². The number of halogens is 3. The fourth-order valence-corrected chi connectivity index (χ4v) is 3.26. The molecular formula is C21H18F3NO. The highest BCUT2D eigenvalue weighted by Gasteiger charge is 2.30. The molecule has 1 heterocycles. The number of fused-ring (bicyclic) bond motifs is 1. The molecule has 0 bridgehead atoms. The van der Waals surface area contributed by atoms with Crippen LogP contribution in [0.4, 0.5) is 13.2 Å². The summed E-state index contributed by atoms with van der Waals surface area (Å²) >= 11 is 0. The topological polar surface area (TPSA) is 22.0 Å². The number of aldehydes is 1. The van der Waals surface area contributed by atoms with Crippen LogP contribution in [0, 0.1) is 0 Å². The third-order valence-corrected chi connectivity index (χ3v) is 4.30. The molecule has 0 saturated carbocycles. The third-order valence-electron chi connectivity index (χ3n) is 4.30. The highest BCUT2D eigenvalue weighted by atomic mass is 19.4. The second-order valence-electron chi connectivity index (χ2n) is 6.31. The van der Waals surface area contributed by atoms with Crippen molar-refractivity contribution in [3.8, 4) is 11.1 Å². The van der Waals surface area contributed by atoms with Gasteiger partial charge in [0.2, 0.25) is 0 Å². The normalized spacial score (nSPS) is 12.4. The second-order valence-corrected chi connectivity index (χ2v) is 6.31. The zero-order valence-corrected chi connectivity index (χ0v) is 14.4. The molecule has 5 heteroatoms. The van der Waals surface area contributed by atoms with Crippen LogP contribution in [0.3, 0.4) is 0 Å². The molecule has 1 aromatic heterocycles. The SMILES string of the molecule is CC(C)n1c(/C=C/C=O)c(-c2ccc(C(F)(F)F)cc2)c2ccccc21. The summed E-state index contributed by atoms with van der Waals surface area (Å²) in [6.45, 7) is 4.06. The molecule has 0 radical (unpaired) electrons. The first-order valence-electron chi connectivity index (χ1n) is 8.27. The minimum Gasteiger partial charge on any atom is -0.338 e. The quantitative estimate of drug-likeness (QED) is 0.407. The predicted molar refractivity (Wildman–Crippen MR) is 97.9 cm³/mol. The molecule has 3 rings (SSSR count). The highest BCUT2D eigenvalue weighted by Crippen LogP contribution is 2.39. The van der Waals surface area contributed by atoms with Gasteiger partial charge in [0.05, 0.1) is 11.3 Å². The summed E-state index contributed by atoms with van der Waals surface area (Å²) in [5, 5.41) is 0.937. The van der Waals surface area contributed by atoms with Gasteiger partial charge in [-0.15, -0.1) is 0 Å². The number of carbonyl (C=O) groups excluding carboxylic acids is 1. The summed E-state index contributed by atoms with van der Waals surface area (Å²) in [5.41, 5.74) is 2.59. The van der Waals surface area contributed by atoms with Crippen molar-refractivity contribution in [2.45, 2.75) is 26.1 Å². The van der Waals surface area contributed by atoms with E-state index in [0.29, 0.717) is 11.8 Å². The predicted octanol–water partition coefficient (Wildman–Crippen LogP) is 6.12. The van der Waals surface area contributed by atoms with Crippen molar-refractivity contribution in [3.63, 3.8) is 0 Å². The van der Waals surface area contributed by atoms with Crippen molar-refractivity contribution in [3.05, 3.63) is 65.9 Å². The number of nitrogens with zero attached hydrogens (tertiary/aromatic N) is 1. The molecule has 0 aliphatic heterocycles. The van der Waals surface area contributed by atoms with Crippen LogP contribution in [-0.4, -0.2) is 10.9 Å². The zero-order chi connectivity index (χ0) is 18.9. The molecular weight excluding hydrogens is 339 g/mol. The Bertz CT molecular complexity index is 963. The minimum atomic E-state index is -4.37. The average Bonchev–Trinajstić information content (AvgIpc) is 2.93. The average molecular weight is 357 g/mol. The van der Waals surface area contributed by atoms with Crippen LogP contribution in [0.2, 0.25) is 0 Å². The van der Waals surface area contributed by atoms with Gasteiger partial charge in [0, 0.05) is 22.5 Å². The van der Waals surface area contributed by atoms with Crippen LogP contribution in [0.15, 0.2) is 54.6 Å². The van der Waals surface area contributed by atoms with Gasteiger partial charge in [0.1, 0.15) is 6.29 Å². The molecule has 0 fully saturated rings. The molecule has 0 amide bonds. The Labute approximate surface area is 149 Å². The van der Waals surface area contributed by atoms with Crippen molar-refractivity contribution >= 4 is 23.3 Å². The van der Waals surface area contributed by atoms with Crippen molar-refractivity contribution in [2.75, 3.05) is 0 Å². The smallest absolute Gasteiger partial charge is 0.338 e. The first-order chi connectivity index (χ1) is 12.3. The number of allylic oxidation sites excluding steroid dienone is 1. The minimum absolute atomic E-state index is 0.120. The lowest BCUT2D eigenvalue weighted by Crippen LogP contribution is -2.04. The maximum atomic E-state index is 12.9. The van der Waals surface area contributed by atoms with E-state index < -0.39 is 11.7 Å². The lowest BCUT2D eigenvalue weighted by molar-refractivity contribution is -0.137. The fourth-order valence-electron chi connectivity index (χ4n) is 3.26. The van der Waals surface area contributed by atoms with Gasteiger partial charge in [-0.3, -0.25) is 4.79 Å². The Morgan fingerprint density at radius 3 is 2.23 bits per heavy atom. The van der Waals surface area contributed by atoms with Crippen LogP contribution in [0.5, 0.6) is 0 Å². The standard InChI is InChI=1S/C21H18F3NO/c1-14(2)25-18-7-4-3-6-17(18)20(19(25)8-5-13-26)15-9-11-16(12-10-15)21(22,23)24/h3-14H,1-2H3/b8-5+. The van der Waals surface area contributed by atoms with E-state index in [4.69, 9.17) is 0 Å². The first-order valence-corrected chi connectivity index (χ1v) is 8.27. The number of aromatic nitrogens is 1. The molecule has 3 aromatic rings. The molecule has 26 heavy (non-hydrogen) atoms. The van der Waals surface area contributed by atoms with Gasteiger partial charge < -0.3 is 4.57 Å². The van der Waals surface area contributed by atoms with Crippen molar-refractivity contribution < 1.29 is 18.0 Å². The lowest BCUT2D eigenvalue weighted by atomic mass is 10.00. The Morgan fingerprint density at radius 2 is 1.65 bits per heavy atom. The number of hydrogen-bond donors (Lipinski definition) is 0. The van der Waals surface area contributed by atoms with E-state index in [0.717, 1.165) is 34.3 Å². The molecule has 134 valence electrons. The Kier molecular flexibility index (Phi) is 4.72. The number of hydrogen-bond acceptors (Lipinski definition) is 1. The molecule has 0 aliphatic rings. The molecule has 0 saturated heterocycles. The number of benzene rings is 2. The maximum absolute atomic E-state index is 12.9. The van der Waals surface area contributed by atoms with E-state index in [2.05, 4.69) is 4.57 Å². The second kappa shape index (κ2) is 6.83. The molecule has 2 nitrogen and oxygen atoms in total. The third kappa shape index (κ3) is 3.17. The number of alkyl halides is 3. The monoisotopic (exact) mass is 357 g/mol. The molecule has 0 aliphatic carbocycles. The van der Waals surface area contributed by atoms with Crippen LogP contribution in [-0.2, 0) is 11.0 Å². The number of para-hydroxylation sites is 1. The summed E-state index contributed by atoms with van der Waals surface area (Å²) in [7, 11) is 0. The molecule has 0 unspecified atom stereocenters. The van der Waals surface area contributed by atoms with Gasteiger partial charge in [-0.1, -0.05) is 30.3 Å². The van der Waals surface area contributed by atoms with E-state index in [1.165, 1.54) is 18.2 Å². The van der Waals surface area contributed by atoms with E-state index in [1.54, 1.807) is 6.08 Å². The van der Waals surface area contributed by atoms with Gasteiger partial charge in [-0.25, -0.2) is 0 Å². The van der Waals surface area contributed by atoms with Gasteiger partial charge in [-0.2, -0.15) is 13.2 Å². The van der Waals surface area contributed by atoms with Gasteiger partial charge in [-0.05, 0) is 49.8 Å². The van der Waals surface area contributed by atoms with Gasteiger partial charge >= 0.3 is 6.18 Å². The maximum Gasteiger partial charge on any atom is 0.416 e. The van der Waals surface area contributed by atoms with Crippen molar-refractivity contribution in [1.82, 2.24) is 4.57 Å². The summed E-state index contributed by atoms with van der Waals surface area (Å²) < 4.78 is 40.7. The van der Waals surface area contributed by atoms with E-state index in [1.807, 2.05) is 38.1 Å². The summed E-state index contributed by atoms with van der Waals surface area (Å²) in [4.78, 5) is 10.9. The molecule has 0 N–H and O–H groups in total. The zero-order valence-electron chi connectivity index (χ0n) is 14.4. The van der Waals surface area contributed by atoms with Gasteiger partial charge in [0.25, 0.3) is 0 Å². The lowest BCUT2D eigenvalue weighted by Gasteiger charge is -2.13. The van der Waals surface area contributed by atoms with Crippen molar-refractivity contribution in [2.24, 2.45) is 0 Å². The fraction of sp³-hybridized carbons (Fsp3) is 0.190. The van der Waals surface area contributed by atoms with E-state index >= 15 is 0 Å². The molecule has 2 aromatic carbocycles. The van der Waals surface area contributed by atoms with E-state index in [-0.39, 0.29) is 6.04 Å². The summed E-state index contributed by atoms with van der Waals surface area (Å²) in [5.74, 6) is 0. The Morgan fingerprint density at radius 1 is 1.00 bits per heavy atom. The number of rotatable bonds is 4. The summed E-state index contributed by atoms with van der Waals surface area (Å²) in [6, 6.07) is 13.0. The Balaban J connectivity index is 2.31. The first kappa shape index (κ1) is 18.0. The molecule has 0 atom stereocenters. The Hall–Kier alpha value is -2.82. The largest absolute Gasteiger partial charge is 0.416 e. The van der Waals surface area contributed by atoms with Crippen LogP contribution in [0.1, 0.15) is 31.1 Å². The van der Waals surface area contributed by atoms with Crippen LogP contribution < -0.4 is 0 Å². The van der Waals surface area contributed by atoms with Crippen LogP contribution >= 0.6 is 0 Å². The van der Waals surface area contributed by atoms with Crippen LogP contribution in [0.25, 0.3) is 28.1 Å². The summed E-state index contributed by atoms with van der Waals surface area (Å²) in [6.07, 6.45) is -0.565. The highest BCUT2D eigenvalue weighted by molar-refractivity contribution is 6.01.